The Morgan fingerprint density at radius 2 is 2.09 bits per heavy atom. The summed E-state index contributed by atoms with van der Waals surface area (Å²) in [4.78, 5) is 14.4. The number of amides is 1. The predicted molar refractivity (Wildman–Crippen MR) is 86.2 cm³/mol. The van der Waals surface area contributed by atoms with Crippen LogP contribution in [-0.2, 0) is 16.1 Å². The monoisotopic (exact) mass is 328 g/mol. The number of aryl methyl sites for hydroxylation is 2. The third-order valence-electron chi connectivity index (χ3n) is 3.89. The minimum absolute atomic E-state index is 0.0458. The topological polar surface area (TPSA) is 59.4 Å². The normalized spacial score (nSPS) is 17.5. The Morgan fingerprint density at radius 1 is 1.41 bits per heavy atom. The van der Waals surface area contributed by atoms with Gasteiger partial charge in [0.1, 0.15) is 0 Å². The molecule has 1 aliphatic heterocycles. The lowest BCUT2D eigenvalue weighted by atomic mass is 10.2. The smallest absolute Gasteiger partial charge is 0.222 e. The summed E-state index contributed by atoms with van der Waals surface area (Å²) < 4.78 is 7.12. The summed E-state index contributed by atoms with van der Waals surface area (Å²) in [5, 5.41) is 8.06. The molecule has 0 bridgehead atoms. The molecule has 7 heteroatoms. The Bertz CT molecular complexity index is 512. The number of hydrogen-bond donors (Lipinski definition) is 1. The molecule has 1 fully saturated rings. The van der Waals surface area contributed by atoms with E-state index < -0.39 is 0 Å². The van der Waals surface area contributed by atoms with E-state index >= 15 is 0 Å². The van der Waals surface area contributed by atoms with Gasteiger partial charge in [0.05, 0.1) is 36.2 Å². The van der Waals surface area contributed by atoms with Crippen LogP contribution < -0.4 is 5.32 Å². The summed E-state index contributed by atoms with van der Waals surface area (Å²) >= 11 is 6.11. The van der Waals surface area contributed by atoms with Gasteiger partial charge in [0, 0.05) is 32.1 Å². The van der Waals surface area contributed by atoms with Gasteiger partial charge in [0.25, 0.3) is 0 Å². The van der Waals surface area contributed by atoms with Crippen LogP contribution in [-0.4, -0.2) is 59.5 Å². The second-order valence-electron chi connectivity index (χ2n) is 5.84. The molecular formula is C15H25ClN4O2. The molecule has 6 nitrogen and oxygen atoms in total. The number of halogens is 1. The van der Waals surface area contributed by atoms with E-state index in [2.05, 4.69) is 15.3 Å². The number of carbonyl (C=O) groups is 1. The zero-order valence-electron chi connectivity index (χ0n) is 13.6. The summed E-state index contributed by atoms with van der Waals surface area (Å²) in [5.41, 5.74) is 1.72. The zero-order valence-corrected chi connectivity index (χ0v) is 14.3. The second-order valence-corrected chi connectivity index (χ2v) is 6.22. The van der Waals surface area contributed by atoms with E-state index in [1.807, 2.05) is 20.8 Å². The number of nitrogens with one attached hydrogen (secondary N) is 1. The lowest BCUT2D eigenvalue weighted by molar-refractivity contribution is -0.122. The van der Waals surface area contributed by atoms with Crippen LogP contribution in [0, 0.1) is 13.8 Å². The first-order chi connectivity index (χ1) is 10.5. The third kappa shape index (κ3) is 4.69. The highest BCUT2D eigenvalue weighted by molar-refractivity contribution is 6.31. The van der Waals surface area contributed by atoms with Crippen LogP contribution in [0.15, 0.2) is 0 Å². The van der Waals surface area contributed by atoms with E-state index in [0.29, 0.717) is 18.0 Å². The average Bonchev–Trinajstić information content (AvgIpc) is 2.73. The molecule has 0 unspecified atom stereocenters. The van der Waals surface area contributed by atoms with Gasteiger partial charge < -0.3 is 10.1 Å². The Labute approximate surface area is 136 Å². The maximum absolute atomic E-state index is 12.0. The van der Waals surface area contributed by atoms with Crippen molar-refractivity contribution in [1.82, 2.24) is 20.0 Å². The molecule has 2 heterocycles. The summed E-state index contributed by atoms with van der Waals surface area (Å²) in [5.74, 6) is 0.0458. The summed E-state index contributed by atoms with van der Waals surface area (Å²) in [7, 11) is 0. The van der Waals surface area contributed by atoms with Gasteiger partial charge in [-0.25, -0.2) is 0 Å². The largest absolute Gasteiger partial charge is 0.379 e. The lowest BCUT2D eigenvalue weighted by Crippen LogP contribution is -2.46. The Balaban J connectivity index is 1.73. The van der Waals surface area contributed by atoms with Crippen LogP contribution in [0.1, 0.15) is 24.7 Å². The Morgan fingerprint density at radius 3 is 2.68 bits per heavy atom. The molecule has 0 aromatic carbocycles. The standard InChI is InChI=1S/C15H25ClN4O2/c1-11(10-19-6-8-22-9-7-19)17-14(21)4-5-20-13(3)15(16)12(2)18-20/h11H,4-10H2,1-3H3,(H,17,21)/t11-/m0/s1. The maximum atomic E-state index is 12.0. The van der Waals surface area contributed by atoms with Crippen LogP contribution in [0.25, 0.3) is 0 Å². The molecule has 1 saturated heterocycles. The highest BCUT2D eigenvalue weighted by Gasteiger charge is 2.16. The second kappa shape index (κ2) is 7.94. The molecule has 0 saturated carbocycles. The molecule has 1 aromatic rings. The van der Waals surface area contributed by atoms with Crippen LogP contribution in [0.5, 0.6) is 0 Å². The van der Waals surface area contributed by atoms with E-state index in [1.165, 1.54) is 0 Å². The number of hydrogen-bond acceptors (Lipinski definition) is 4. The Kier molecular flexibility index (Phi) is 6.23. The molecule has 1 aromatic heterocycles. The molecule has 1 amide bonds. The number of nitrogens with zero attached hydrogens (tertiary/aromatic N) is 3. The van der Waals surface area contributed by atoms with Crippen LogP contribution >= 0.6 is 11.6 Å². The van der Waals surface area contributed by atoms with E-state index in [9.17, 15) is 4.79 Å². The van der Waals surface area contributed by atoms with E-state index in [1.54, 1.807) is 4.68 Å². The van der Waals surface area contributed by atoms with Gasteiger partial charge >= 0.3 is 0 Å². The first-order valence-electron chi connectivity index (χ1n) is 7.76. The van der Waals surface area contributed by atoms with Crippen molar-refractivity contribution in [1.29, 1.82) is 0 Å². The summed E-state index contributed by atoms with van der Waals surface area (Å²) in [6.07, 6.45) is 0.408. The average molecular weight is 329 g/mol. The van der Waals surface area contributed by atoms with Gasteiger partial charge in [0.15, 0.2) is 0 Å². The summed E-state index contributed by atoms with van der Waals surface area (Å²) in [6.45, 7) is 10.7. The van der Waals surface area contributed by atoms with Crippen LogP contribution in [0.4, 0.5) is 0 Å². The fraction of sp³-hybridized carbons (Fsp3) is 0.733. The van der Waals surface area contributed by atoms with Gasteiger partial charge in [-0.15, -0.1) is 0 Å². The van der Waals surface area contributed by atoms with Gasteiger partial charge in [-0.05, 0) is 20.8 Å². The van der Waals surface area contributed by atoms with Crippen molar-refractivity contribution < 1.29 is 9.53 Å². The van der Waals surface area contributed by atoms with Gasteiger partial charge in [0.2, 0.25) is 5.91 Å². The fourth-order valence-electron chi connectivity index (χ4n) is 2.66. The highest BCUT2D eigenvalue weighted by Crippen LogP contribution is 2.18. The van der Waals surface area contributed by atoms with Crippen molar-refractivity contribution in [3.63, 3.8) is 0 Å². The molecule has 124 valence electrons. The number of ether oxygens (including phenoxy) is 1. The molecule has 1 N–H and O–H groups in total. The van der Waals surface area contributed by atoms with Crippen molar-refractivity contribution in [3.8, 4) is 0 Å². The van der Waals surface area contributed by atoms with E-state index in [4.69, 9.17) is 16.3 Å². The first kappa shape index (κ1) is 17.2. The SMILES string of the molecule is Cc1nn(CCC(=O)N[C@@H](C)CN2CCOCC2)c(C)c1Cl. The highest BCUT2D eigenvalue weighted by atomic mass is 35.5. The molecule has 0 aliphatic carbocycles. The van der Waals surface area contributed by atoms with Gasteiger partial charge in [-0.1, -0.05) is 11.6 Å². The summed E-state index contributed by atoms with van der Waals surface area (Å²) in [6, 6.07) is 0.134. The third-order valence-corrected chi connectivity index (χ3v) is 4.43. The maximum Gasteiger partial charge on any atom is 0.222 e. The number of carbonyl (C=O) groups excluding carboxylic acids is 1. The molecule has 2 rings (SSSR count). The van der Waals surface area contributed by atoms with Crippen molar-refractivity contribution in [3.05, 3.63) is 16.4 Å². The van der Waals surface area contributed by atoms with Gasteiger partial charge in [-0.2, -0.15) is 5.10 Å². The minimum Gasteiger partial charge on any atom is -0.379 e. The molecule has 1 aliphatic rings. The number of aromatic nitrogens is 2. The molecule has 1 atom stereocenters. The lowest BCUT2D eigenvalue weighted by Gasteiger charge is -2.29. The zero-order chi connectivity index (χ0) is 16.1. The van der Waals surface area contributed by atoms with Crippen molar-refractivity contribution in [2.24, 2.45) is 0 Å². The number of rotatable bonds is 6. The molecule has 0 radical (unpaired) electrons. The fourth-order valence-corrected chi connectivity index (χ4v) is 2.80. The van der Waals surface area contributed by atoms with E-state index in [-0.39, 0.29) is 11.9 Å². The van der Waals surface area contributed by atoms with Crippen LogP contribution in [0.2, 0.25) is 5.02 Å². The first-order valence-corrected chi connectivity index (χ1v) is 8.14. The van der Waals surface area contributed by atoms with Crippen molar-refractivity contribution in [2.75, 3.05) is 32.8 Å². The van der Waals surface area contributed by atoms with Crippen molar-refractivity contribution in [2.45, 2.75) is 39.8 Å². The quantitative estimate of drug-likeness (QED) is 0.857. The number of morpholine rings is 1. The molecule has 22 heavy (non-hydrogen) atoms. The minimum atomic E-state index is 0.0458. The molecule has 0 spiro atoms. The van der Waals surface area contributed by atoms with Crippen molar-refractivity contribution >= 4 is 17.5 Å². The Hall–Kier alpha value is -1.11. The molecular weight excluding hydrogens is 304 g/mol. The predicted octanol–water partition coefficient (Wildman–Crippen LogP) is 1.38. The van der Waals surface area contributed by atoms with Crippen LogP contribution in [0.3, 0.4) is 0 Å². The van der Waals surface area contributed by atoms with Gasteiger partial charge in [-0.3, -0.25) is 14.4 Å². The van der Waals surface area contributed by atoms with E-state index in [0.717, 1.165) is 44.2 Å².